The summed E-state index contributed by atoms with van der Waals surface area (Å²) in [6, 6.07) is 6.71. The molecule has 3 heteroatoms. The number of nitrogens with one attached hydrogen (secondary N) is 1. The summed E-state index contributed by atoms with van der Waals surface area (Å²) in [6.07, 6.45) is 1.11. The second-order valence-electron chi connectivity index (χ2n) is 5.09. The third kappa shape index (κ3) is 1.85. The Labute approximate surface area is 107 Å². The maximum atomic E-state index is 6.09. The van der Waals surface area contributed by atoms with E-state index < -0.39 is 0 Å². The van der Waals surface area contributed by atoms with Gasteiger partial charge >= 0.3 is 0 Å². The Morgan fingerprint density at radius 1 is 1.35 bits per heavy atom. The summed E-state index contributed by atoms with van der Waals surface area (Å²) in [6.45, 7) is 6.69. The molecule has 0 unspecified atom stereocenters. The second-order valence-corrected chi connectivity index (χ2v) is 5.52. The Hall–Kier alpha value is -0.990. The largest absolute Gasteiger partial charge is 0.358 e. The average Bonchev–Trinajstić information content (AvgIpc) is 2.66. The molecule has 1 aromatic carbocycles. The number of rotatable bonds is 1. The number of aromatic nitrogens is 1. The normalized spacial score (nSPS) is 16.7. The van der Waals surface area contributed by atoms with E-state index in [2.05, 4.69) is 35.9 Å². The quantitative estimate of drug-likeness (QED) is 0.817. The molecule has 1 N–H and O–H groups in total. The lowest BCUT2D eigenvalue weighted by Gasteiger charge is -2.30. The predicted molar refractivity (Wildman–Crippen MR) is 72.6 cm³/mol. The number of fused-ring (bicyclic) bond motifs is 3. The minimum atomic E-state index is 0.604. The summed E-state index contributed by atoms with van der Waals surface area (Å²) < 4.78 is 0. The van der Waals surface area contributed by atoms with E-state index in [4.69, 9.17) is 11.6 Å². The van der Waals surface area contributed by atoms with Crippen molar-refractivity contribution < 1.29 is 0 Å². The SMILES string of the molecule is CC(C)N1CCc2[nH]c3ccc(Cl)cc3c2C1. The first-order valence-electron chi connectivity index (χ1n) is 6.18. The molecule has 17 heavy (non-hydrogen) atoms. The van der Waals surface area contributed by atoms with Crippen molar-refractivity contribution >= 4 is 22.5 Å². The average molecular weight is 249 g/mol. The van der Waals surface area contributed by atoms with Crippen LogP contribution in [0.15, 0.2) is 18.2 Å². The highest BCUT2D eigenvalue weighted by atomic mass is 35.5. The summed E-state index contributed by atoms with van der Waals surface area (Å²) in [5, 5.41) is 2.11. The number of aromatic amines is 1. The van der Waals surface area contributed by atoms with Crippen molar-refractivity contribution in [3.8, 4) is 0 Å². The first-order valence-corrected chi connectivity index (χ1v) is 6.56. The molecule has 1 aliphatic rings. The third-order valence-corrected chi connectivity index (χ3v) is 3.93. The van der Waals surface area contributed by atoms with Crippen molar-refractivity contribution in [1.29, 1.82) is 0 Å². The monoisotopic (exact) mass is 248 g/mol. The van der Waals surface area contributed by atoms with Crippen LogP contribution in [0, 0.1) is 0 Å². The van der Waals surface area contributed by atoms with E-state index in [0.717, 1.165) is 24.5 Å². The first-order chi connectivity index (χ1) is 8.15. The molecule has 0 radical (unpaired) electrons. The fourth-order valence-electron chi connectivity index (χ4n) is 2.65. The molecule has 0 amide bonds. The molecule has 2 aromatic rings. The van der Waals surface area contributed by atoms with Gasteiger partial charge in [-0.25, -0.2) is 0 Å². The predicted octanol–water partition coefficient (Wildman–Crippen LogP) is 3.59. The van der Waals surface area contributed by atoms with E-state index in [1.165, 1.54) is 22.2 Å². The molecule has 0 aliphatic carbocycles. The molecular formula is C14H17ClN2. The summed E-state index contributed by atoms with van der Waals surface area (Å²) in [7, 11) is 0. The molecule has 0 fully saturated rings. The summed E-state index contributed by atoms with van der Waals surface area (Å²) in [4.78, 5) is 6.03. The number of hydrogen-bond acceptors (Lipinski definition) is 1. The maximum Gasteiger partial charge on any atom is 0.0460 e. The zero-order valence-corrected chi connectivity index (χ0v) is 11.0. The summed E-state index contributed by atoms with van der Waals surface area (Å²) >= 11 is 6.09. The highest BCUT2D eigenvalue weighted by Gasteiger charge is 2.21. The second kappa shape index (κ2) is 4.04. The van der Waals surface area contributed by atoms with E-state index in [0.29, 0.717) is 6.04 Å². The Morgan fingerprint density at radius 2 is 2.18 bits per heavy atom. The van der Waals surface area contributed by atoms with E-state index in [1.54, 1.807) is 0 Å². The van der Waals surface area contributed by atoms with Crippen molar-refractivity contribution in [1.82, 2.24) is 9.88 Å². The number of H-pyrrole nitrogens is 1. The van der Waals surface area contributed by atoms with Crippen LogP contribution in [0.1, 0.15) is 25.1 Å². The lowest BCUT2D eigenvalue weighted by molar-refractivity contribution is 0.203. The van der Waals surface area contributed by atoms with Crippen LogP contribution in [0.25, 0.3) is 10.9 Å². The Bertz CT molecular complexity index is 557. The van der Waals surface area contributed by atoms with Gasteiger partial charge in [0.15, 0.2) is 0 Å². The van der Waals surface area contributed by atoms with Crippen molar-refractivity contribution in [2.75, 3.05) is 6.54 Å². The van der Waals surface area contributed by atoms with E-state index in [9.17, 15) is 0 Å². The Morgan fingerprint density at radius 3 is 2.94 bits per heavy atom. The Kier molecular flexibility index (Phi) is 2.64. The lowest BCUT2D eigenvalue weighted by atomic mass is 10.0. The van der Waals surface area contributed by atoms with Crippen molar-refractivity contribution in [2.24, 2.45) is 0 Å². The molecule has 2 nitrogen and oxygen atoms in total. The zero-order chi connectivity index (χ0) is 12.0. The maximum absolute atomic E-state index is 6.09. The molecule has 0 saturated carbocycles. The van der Waals surface area contributed by atoms with Crippen LogP contribution in [-0.2, 0) is 13.0 Å². The van der Waals surface area contributed by atoms with Crippen molar-refractivity contribution in [2.45, 2.75) is 32.9 Å². The molecular weight excluding hydrogens is 232 g/mol. The first kappa shape index (κ1) is 11.1. The molecule has 90 valence electrons. The summed E-state index contributed by atoms with van der Waals surface area (Å²) in [5.74, 6) is 0. The highest BCUT2D eigenvalue weighted by molar-refractivity contribution is 6.31. The van der Waals surface area contributed by atoms with Gasteiger partial charge in [-0.3, -0.25) is 4.90 Å². The van der Waals surface area contributed by atoms with Crippen LogP contribution in [0.5, 0.6) is 0 Å². The third-order valence-electron chi connectivity index (χ3n) is 3.70. The lowest BCUT2D eigenvalue weighted by Crippen LogP contribution is -2.35. The number of hydrogen-bond donors (Lipinski definition) is 1. The minimum absolute atomic E-state index is 0.604. The van der Waals surface area contributed by atoms with Gasteiger partial charge in [-0.1, -0.05) is 11.6 Å². The van der Waals surface area contributed by atoms with Gasteiger partial charge in [0.25, 0.3) is 0 Å². The van der Waals surface area contributed by atoms with Gasteiger partial charge in [-0.05, 0) is 37.6 Å². The van der Waals surface area contributed by atoms with Gasteiger partial charge in [0.1, 0.15) is 0 Å². The number of benzene rings is 1. The molecule has 0 saturated heterocycles. The molecule has 3 rings (SSSR count). The molecule has 0 spiro atoms. The molecule has 1 aromatic heterocycles. The van der Waals surface area contributed by atoms with Crippen LogP contribution in [0.4, 0.5) is 0 Å². The Balaban J connectivity index is 2.10. The van der Waals surface area contributed by atoms with Crippen LogP contribution in [-0.4, -0.2) is 22.5 Å². The smallest absolute Gasteiger partial charge is 0.0460 e. The number of nitrogens with zero attached hydrogens (tertiary/aromatic N) is 1. The van der Waals surface area contributed by atoms with Gasteiger partial charge in [0, 0.05) is 47.2 Å². The van der Waals surface area contributed by atoms with Gasteiger partial charge in [0.05, 0.1) is 0 Å². The van der Waals surface area contributed by atoms with Crippen LogP contribution >= 0.6 is 11.6 Å². The fraction of sp³-hybridized carbons (Fsp3) is 0.429. The van der Waals surface area contributed by atoms with Crippen molar-refractivity contribution in [3.05, 3.63) is 34.5 Å². The van der Waals surface area contributed by atoms with Crippen LogP contribution < -0.4 is 0 Å². The zero-order valence-electron chi connectivity index (χ0n) is 10.3. The van der Waals surface area contributed by atoms with Gasteiger partial charge in [-0.2, -0.15) is 0 Å². The number of halogens is 1. The van der Waals surface area contributed by atoms with Crippen LogP contribution in [0.2, 0.25) is 5.02 Å². The molecule has 2 heterocycles. The van der Waals surface area contributed by atoms with Crippen molar-refractivity contribution in [3.63, 3.8) is 0 Å². The van der Waals surface area contributed by atoms with E-state index >= 15 is 0 Å². The van der Waals surface area contributed by atoms with Gasteiger partial charge < -0.3 is 4.98 Å². The molecule has 1 aliphatic heterocycles. The van der Waals surface area contributed by atoms with Gasteiger partial charge in [0.2, 0.25) is 0 Å². The van der Waals surface area contributed by atoms with Crippen LogP contribution in [0.3, 0.4) is 0 Å². The molecule has 0 bridgehead atoms. The minimum Gasteiger partial charge on any atom is -0.358 e. The highest BCUT2D eigenvalue weighted by Crippen LogP contribution is 2.30. The standard InChI is InChI=1S/C14H17ClN2/c1-9(2)17-6-5-14-12(8-17)11-7-10(15)3-4-13(11)16-14/h3-4,7,9,16H,5-6,8H2,1-2H3. The van der Waals surface area contributed by atoms with Gasteiger partial charge in [-0.15, -0.1) is 0 Å². The van der Waals surface area contributed by atoms with E-state index in [-0.39, 0.29) is 0 Å². The van der Waals surface area contributed by atoms with E-state index in [1.807, 2.05) is 6.07 Å². The topological polar surface area (TPSA) is 19.0 Å². The fourth-order valence-corrected chi connectivity index (χ4v) is 2.82. The summed E-state index contributed by atoms with van der Waals surface area (Å²) in [5.41, 5.74) is 4.03. The molecule has 0 atom stereocenters.